The van der Waals surface area contributed by atoms with Gasteiger partial charge in [0.1, 0.15) is 29.8 Å². The summed E-state index contributed by atoms with van der Waals surface area (Å²) in [6.07, 6.45) is -13.0. The number of halogens is 12. The van der Waals surface area contributed by atoms with E-state index in [1.165, 1.54) is 29.6 Å². The maximum absolute atomic E-state index is 15.9. The Balaban J connectivity index is 1.56. The number of carboxylic acid groups (broad SMARTS) is 1. The summed E-state index contributed by atoms with van der Waals surface area (Å²) in [4.78, 5) is 52.2. The third-order valence-electron chi connectivity index (χ3n) is 11.4. The number of benzene rings is 2. The Morgan fingerprint density at radius 1 is 0.743 bits per heavy atom. The van der Waals surface area contributed by atoms with E-state index in [9.17, 15) is 73.3 Å². The normalized spacial score (nSPS) is 15.4. The van der Waals surface area contributed by atoms with E-state index in [0.717, 1.165) is 24.8 Å². The van der Waals surface area contributed by atoms with Crippen LogP contribution in [0.25, 0.3) is 22.3 Å². The van der Waals surface area contributed by atoms with Crippen LogP contribution in [0.1, 0.15) is 64.8 Å². The number of hydrazine groups is 1. The molecule has 4 aromatic rings. The number of carbonyl (C=O) groups is 4. The van der Waals surface area contributed by atoms with E-state index in [1.54, 1.807) is 0 Å². The van der Waals surface area contributed by atoms with Gasteiger partial charge in [-0.1, -0.05) is 24.3 Å². The first kappa shape index (κ1) is 54.4. The van der Waals surface area contributed by atoms with E-state index >= 15 is 8.78 Å². The number of rotatable bonds is 20. The van der Waals surface area contributed by atoms with Crippen LogP contribution in [-0.2, 0) is 27.3 Å². The smallest absolute Gasteiger partial charge is 0.408 e. The number of alkyl carbamates (subject to hydrolysis) is 1. The zero-order valence-corrected chi connectivity index (χ0v) is 37.1. The van der Waals surface area contributed by atoms with E-state index < -0.39 is 127 Å². The molecular formula is C42H45F12N9O7. The van der Waals surface area contributed by atoms with Crippen LogP contribution >= 0.6 is 0 Å². The van der Waals surface area contributed by atoms with Gasteiger partial charge in [-0.05, 0) is 75.8 Å². The average molecular weight is 1020 g/mol. The quantitative estimate of drug-likeness (QED) is 0.0381. The van der Waals surface area contributed by atoms with E-state index in [0.29, 0.717) is 67.9 Å². The van der Waals surface area contributed by atoms with Crippen molar-refractivity contribution >= 4 is 24.0 Å². The number of aliphatic hydroxyl groups excluding tert-OH is 1. The third kappa shape index (κ3) is 13.2. The second-order valence-electron chi connectivity index (χ2n) is 17.3. The molecule has 0 aliphatic heterocycles. The van der Waals surface area contributed by atoms with E-state index in [1.807, 2.05) is 10.7 Å². The predicted octanol–water partition coefficient (Wildman–Crippen LogP) is 7.47. The van der Waals surface area contributed by atoms with Gasteiger partial charge in [-0.15, -0.1) is 0 Å². The van der Waals surface area contributed by atoms with E-state index in [4.69, 9.17) is 4.74 Å². The molecule has 70 heavy (non-hydrogen) atoms. The maximum atomic E-state index is 15.9. The van der Waals surface area contributed by atoms with Crippen LogP contribution in [0.2, 0.25) is 0 Å². The van der Waals surface area contributed by atoms with Gasteiger partial charge in [-0.3, -0.25) is 15.0 Å². The number of carbonyl (C=O) groups excluding carboxylic acids is 3. The second kappa shape index (κ2) is 21.2. The van der Waals surface area contributed by atoms with Crippen molar-refractivity contribution in [1.82, 2.24) is 45.9 Å². The lowest BCUT2D eigenvalue weighted by Gasteiger charge is -2.38. The lowest BCUT2D eigenvalue weighted by atomic mass is 9.82. The number of nitrogens with one attached hydrogen (secondary N) is 4. The van der Waals surface area contributed by atoms with Crippen LogP contribution in [0.3, 0.4) is 0 Å². The highest BCUT2D eigenvalue weighted by Crippen LogP contribution is 2.42. The molecule has 0 radical (unpaired) electrons. The van der Waals surface area contributed by atoms with E-state index in [2.05, 4.69) is 15.5 Å². The van der Waals surface area contributed by atoms with Crippen LogP contribution in [0.5, 0.6) is 0 Å². The third-order valence-corrected chi connectivity index (χ3v) is 11.4. The lowest BCUT2D eigenvalue weighted by molar-refractivity contribution is -0.221. The van der Waals surface area contributed by atoms with Gasteiger partial charge in [0.25, 0.3) is 5.91 Å². The number of alkyl halides is 10. The SMILES string of the molecule is CC(C)([C@H](NC(=O)O)C(=O)NN(Cc1c(F)cc(-c2cnn(C(F)F)c2)cc1F)C[C@H](O)[C@H](Cc1ccc(-c2cnn(C(F)F)c2)cc1)NC(=O)[C@@H](NC(=O)OC1CC1)C(C)(C)C(F)(F)F)C(F)(F)F. The molecule has 0 bridgehead atoms. The molecule has 4 amide bonds. The summed E-state index contributed by atoms with van der Waals surface area (Å²) in [6.45, 7) is -6.54. The standard InChI is InChI=1S/C42H45F12N9O7/c1-39(2,41(49,50)51)31(59-38(69)70-25-9-10-25)33(65)57-29(11-20-5-7-21(8-6-20)23-14-55-62(16-23)35(45)46)30(64)19-61(60-34(66)32(58-37(67)68)40(3,4)42(52,53)54)18-26-27(43)12-22(13-28(26)44)24-15-56-63(17-24)36(47)48/h5-8,12-17,25,29-32,35-36,58,64H,9-11,18-19H2,1-4H3,(H,57,65)(H,59,69)(H,60,66)(H,67,68)/t29-,30-,31+,32+/m0/s1. The van der Waals surface area contributed by atoms with Crippen molar-refractivity contribution in [2.75, 3.05) is 6.54 Å². The van der Waals surface area contributed by atoms with Crippen molar-refractivity contribution in [3.63, 3.8) is 0 Å². The summed E-state index contributed by atoms with van der Waals surface area (Å²) in [7, 11) is 0. The van der Waals surface area contributed by atoms with Crippen LogP contribution in [0.15, 0.2) is 61.2 Å². The molecule has 0 spiro atoms. The van der Waals surface area contributed by atoms with Crippen molar-refractivity contribution < 1.29 is 86.8 Å². The van der Waals surface area contributed by atoms with Crippen molar-refractivity contribution in [2.24, 2.45) is 10.8 Å². The average Bonchev–Trinajstić information content (AvgIpc) is 3.67. The minimum Gasteiger partial charge on any atom is -0.465 e. The van der Waals surface area contributed by atoms with Crippen molar-refractivity contribution in [3.05, 3.63) is 83.9 Å². The number of hydrogen-bond acceptors (Lipinski definition) is 9. The van der Waals surface area contributed by atoms with Crippen molar-refractivity contribution in [2.45, 2.75) is 109 Å². The minimum absolute atomic E-state index is 0.151. The molecule has 0 saturated heterocycles. The van der Waals surface area contributed by atoms with Gasteiger partial charge in [0, 0.05) is 42.2 Å². The minimum atomic E-state index is -5.30. The highest BCUT2D eigenvalue weighted by Gasteiger charge is 2.57. The zero-order chi connectivity index (χ0) is 52.3. The summed E-state index contributed by atoms with van der Waals surface area (Å²) >= 11 is 0. The Morgan fingerprint density at radius 3 is 1.67 bits per heavy atom. The number of aliphatic hydroxyl groups is 1. The van der Waals surface area contributed by atoms with Gasteiger partial charge in [-0.2, -0.15) is 54.1 Å². The fourth-order valence-electron chi connectivity index (χ4n) is 6.75. The molecule has 16 nitrogen and oxygen atoms in total. The molecule has 1 aliphatic rings. The Morgan fingerprint density at radius 2 is 1.23 bits per heavy atom. The van der Waals surface area contributed by atoms with Crippen molar-refractivity contribution in [1.29, 1.82) is 0 Å². The Kier molecular flexibility index (Phi) is 16.5. The number of amides is 4. The first-order chi connectivity index (χ1) is 32.4. The molecule has 2 aromatic carbocycles. The number of aromatic nitrogens is 4. The van der Waals surface area contributed by atoms with Gasteiger partial charge in [0.15, 0.2) is 0 Å². The molecular weight excluding hydrogens is 970 g/mol. The first-order valence-corrected chi connectivity index (χ1v) is 20.8. The second-order valence-corrected chi connectivity index (χ2v) is 17.3. The van der Waals surface area contributed by atoms with Crippen molar-refractivity contribution in [3.8, 4) is 22.3 Å². The largest absolute Gasteiger partial charge is 0.465 e. The van der Waals surface area contributed by atoms with Gasteiger partial charge >= 0.3 is 37.6 Å². The molecule has 28 heteroatoms. The topological polar surface area (TPSA) is 205 Å². The fourth-order valence-corrected chi connectivity index (χ4v) is 6.75. The summed E-state index contributed by atoms with van der Waals surface area (Å²) in [6, 6.07) is -0.385. The molecule has 2 aromatic heterocycles. The summed E-state index contributed by atoms with van der Waals surface area (Å²) in [5, 5.41) is 34.2. The molecule has 1 aliphatic carbocycles. The highest BCUT2D eigenvalue weighted by molar-refractivity contribution is 5.87. The van der Waals surface area contributed by atoms with Gasteiger partial charge in [0.2, 0.25) is 5.91 Å². The Hall–Kier alpha value is -6.58. The van der Waals surface area contributed by atoms with E-state index in [-0.39, 0.29) is 26.9 Å². The number of ether oxygens (including phenoxy) is 1. The van der Waals surface area contributed by atoms with Crippen LogP contribution < -0.4 is 21.4 Å². The zero-order valence-electron chi connectivity index (χ0n) is 37.1. The molecule has 5 rings (SSSR count). The summed E-state index contributed by atoms with van der Waals surface area (Å²) < 4.78 is 177. The Labute approximate surface area is 389 Å². The molecule has 4 atom stereocenters. The first-order valence-electron chi connectivity index (χ1n) is 20.8. The number of nitrogens with zero attached hydrogens (tertiary/aromatic N) is 5. The highest BCUT2D eigenvalue weighted by atomic mass is 19.4. The molecule has 2 heterocycles. The summed E-state index contributed by atoms with van der Waals surface area (Å²) in [5.74, 6) is -6.33. The van der Waals surface area contributed by atoms with Crippen LogP contribution in [0, 0.1) is 22.5 Å². The predicted molar refractivity (Wildman–Crippen MR) is 219 cm³/mol. The molecule has 384 valence electrons. The molecule has 6 N–H and O–H groups in total. The lowest BCUT2D eigenvalue weighted by Crippen LogP contribution is -2.63. The van der Waals surface area contributed by atoms with Crippen LogP contribution in [-0.4, -0.2) is 108 Å². The molecule has 0 unspecified atom stereocenters. The molecule has 1 fully saturated rings. The monoisotopic (exact) mass is 1020 g/mol. The summed E-state index contributed by atoms with van der Waals surface area (Å²) in [5.41, 5.74) is -5.28. The van der Waals surface area contributed by atoms with Gasteiger partial charge in [0.05, 0.1) is 35.4 Å². The van der Waals surface area contributed by atoms with Crippen LogP contribution in [0.4, 0.5) is 62.3 Å². The fraction of sp³-hybridized carbons (Fsp3) is 0.476. The van der Waals surface area contributed by atoms with Gasteiger partial charge in [-0.25, -0.2) is 32.7 Å². The number of hydrogen-bond donors (Lipinski definition) is 6. The Bertz CT molecular complexity index is 2470. The molecule has 1 saturated carbocycles. The maximum Gasteiger partial charge on any atom is 0.408 e. The van der Waals surface area contributed by atoms with Gasteiger partial charge < -0.3 is 30.9 Å².